The van der Waals surface area contributed by atoms with Gasteiger partial charge in [-0.25, -0.2) is 4.98 Å². The summed E-state index contributed by atoms with van der Waals surface area (Å²) in [6.07, 6.45) is 7.77. The third kappa shape index (κ3) is 2.14. The van der Waals surface area contributed by atoms with Crippen molar-refractivity contribution in [3.8, 4) is 0 Å². The van der Waals surface area contributed by atoms with Gasteiger partial charge in [-0.05, 0) is 38.0 Å². The highest BCUT2D eigenvalue weighted by Gasteiger charge is 2.28. The molecule has 0 amide bonds. The van der Waals surface area contributed by atoms with Crippen LogP contribution in [0.3, 0.4) is 0 Å². The summed E-state index contributed by atoms with van der Waals surface area (Å²) < 4.78 is 2.31. The van der Waals surface area contributed by atoms with Crippen molar-refractivity contribution in [3.63, 3.8) is 0 Å². The number of aromatic nitrogens is 2. The summed E-state index contributed by atoms with van der Waals surface area (Å²) >= 11 is 0. The molecule has 3 heteroatoms. The van der Waals surface area contributed by atoms with Crippen molar-refractivity contribution in [2.75, 3.05) is 0 Å². The first-order chi connectivity index (χ1) is 7.59. The largest absolute Gasteiger partial charge is 0.330 e. The highest BCUT2D eigenvalue weighted by atomic mass is 15.1. The van der Waals surface area contributed by atoms with E-state index in [-0.39, 0.29) is 6.04 Å². The minimum absolute atomic E-state index is 0.0778. The van der Waals surface area contributed by atoms with Crippen LogP contribution in [0.5, 0.6) is 0 Å². The van der Waals surface area contributed by atoms with Crippen molar-refractivity contribution in [1.29, 1.82) is 0 Å². The van der Waals surface area contributed by atoms with Gasteiger partial charge in [0, 0.05) is 18.3 Å². The summed E-state index contributed by atoms with van der Waals surface area (Å²) in [5, 5.41) is 0. The second-order valence-electron chi connectivity index (χ2n) is 5.48. The molecule has 1 fully saturated rings. The number of nitrogens with two attached hydrogens (primary N) is 1. The van der Waals surface area contributed by atoms with E-state index in [0.29, 0.717) is 6.04 Å². The van der Waals surface area contributed by atoms with Crippen LogP contribution in [0.25, 0.3) is 0 Å². The Morgan fingerprint density at radius 3 is 2.81 bits per heavy atom. The van der Waals surface area contributed by atoms with Crippen molar-refractivity contribution in [2.24, 2.45) is 17.6 Å². The molecule has 0 aromatic carbocycles. The first kappa shape index (κ1) is 11.6. The zero-order valence-electron chi connectivity index (χ0n) is 10.6. The van der Waals surface area contributed by atoms with Crippen LogP contribution in [0, 0.1) is 11.8 Å². The number of rotatable bonds is 2. The first-order valence-electron chi connectivity index (χ1n) is 6.37. The Bertz CT molecular complexity index is 343. The van der Waals surface area contributed by atoms with Crippen LogP contribution in [0.4, 0.5) is 0 Å². The van der Waals surface area contributed by atoms with Gasteiger partial charge in [0.1, 0.15) is 0 Å². The van der Waals surface area contributed by atoms with Gasteiger partial charge in [0.05, 0.1) is 12.0 Å². The third-order valence-electron chi connectivity index (χ3n) is 3.91. The maximum Gasteiger partial charge on any atom is 0.0951 e. The summed E-state index contributed by atoms with van der Waals surface area (Å²) in [6, 6.07) is 0.675. The van der Waals surface area contributed by atoms with Gasteiger partial charge < -0.3 is 10.3 Å². The standard InChI is InChI=1S/C13H23N3/c1-9-4-5-12(10(2)6-9)16-8-15-7-13(16)11(3)14/h7-12H,4-6,14H2,1-3H3/t9?,10?,11-,12?/m1/s1. The van der Waals surface area contributed by atoms with Crippen molar-refractivity contribution in [3.05, 3.63) is 18.2 Å². The third-order valence-corrected chi connectivity index (χ3v) is 3.91. The van der Waals surface area contributed by atoms with Crippen LogP contribution < -0.4 is 5.73 Å². The Morgan fingerprint density at radius 1 is 1.44 bits per heavy atom. The molecule has 1 aromatic rings. The van der Waals surface area contributed by atoms with Gasteiger partial charge in [-0.3, -0.25) is 0 Å². The van der Waals surface area contributed by atoms with E-state index in [4.69, 9.17) is 5.73 Å². The molecule has 1 aliphatic carbocycles. The lowest BCUT2D eigenvalue weighted by Crippen LogP contribution is -2.26. The van der Waals surface area contributed by atoms with E-state index in [0.717, 1.165) is 11.8 Å². The van der Waals surface area contributed by atoms with E-state index in [9.17, 15) is 0 Å². The molecule has 1 heterocycles. The van der Waals surface area contributed by atoms with E-state index < -0.39 is 0 Å². The van der Waals surface area contributed by atoms with E-state index in [1.165, 1.54) is 25.0 Å². The summed E-state index contributed by atoms with van der Waals surface area (Å²) in [5.74, 6) is 1.60. The van der Waals surface area contributed by atoms with E-state index in [1.54, 1.807) is 0 Å². The van der Waals surface area contributed by atoms with Gasteiger partial charge in [-0.1, -0.05) is 13.8 Å². The molecule has 1 aromatic heterocycles. The zero-order chi connectivity index (χ0) is 11.7. The van der Waals surface area contributed by atoms with Gasteiger partial charge in [0.2, 0.25) is 0 Å². The monoisotopic (exact) mass is 221 g/mol. The number of hydrogen-bond acceptors (Lipinski definition) is 2. The second kappa shape index (κ2) is 4.58. The molecular weight excluding hydrogens is 198 g/mol. The van der Waals surface area contributed by atoms with Gasteiger partial charge in [-0.2, -0.15) is 0 Å². The van der Waals surface area contributed by atoms with E-state index in [1.807, 2.05) is 19.4 Å². The molecule has 4 atom stereocenters. The highest BCUT2D eigenvalue weighted by Crippen LogP contribution is 2.37. The molecule has 2 rings (SSSR count). The Balaban J connectivity index is 2.20. The predicted octanol–water partition coefficient (Wildman–Crippen LogP) is 2.90. The van der Waals surface area contributed by atoms with Crippen molar-refractivity contribution in [1.82, 2.24) is 9.55 Å². The molecule has 0 radical (unpaired) electrons. The van der Waals surface area contributed by atoms with Crippen LogP contribution >= 0.6 is 0 Å². The van der Waals surface area contributed by atoms with Crippen molar-refractivity contribution < 1.29 is 0 Å². The van der Waals surface area contributed by atoms with Crippen molar-refractivity contribution >= 4 is 0 Å². The van der Waals surface area contributed by atoms with Crippen LogP contribution in [0.1, 0.15) is 57.8 Å². The van der Waals surface area contributed by atoms with Gasteiger partial charge in [0.25, 0.3) is 0 Å². The second-order valence-corrected chi connectivity index (χ2v) is 5.48. The lowest BCUT2D eigenvalue weighted by atomic mass is 9.79. The topological polar surface area (TPSA) is 43.8 Å². The Morgan fingerprint density at radius 2 is 2.19 bits per heavy atom. The smallest absolute Gasteiger partial charge is 0.0951 e. The lowest BCUT2D eigenvalue weighted by molar-refractivity contribution is 0.203. The highest BCUT2D eigenvalue weighted by molar-refractivity contribution is 5.06. The van der Waals surface area contributed by atoms with Crippen molar-refractivity contribution in [2.45, 2.75) is 52.1 Å². The number of nitrogens with zero attached hydrogens (tertiary/aromatic N) is 2. The average Bonchev–Trinajstić information content (AvgIpc) is 2.66. The van der Waals surface area contributed by atoms with Crippen LogP contribution in [-0.4, -0.2) is 9.55 Å². The number of hydrogen-bond donors (Lipinski definition) is 1. The summed E-state index contributed by atoms with van der Waals surface area (Å²) in [4.78, 5) is 4.26. The Labute approximate surface area is 98.1 Å². The maximum atomic E-state index is 5.98. The Hall–Kier alpha value is -0.830. The fourth-order valence-electron chi connectivity index (χ4n) is 3.01. The molecule has 3 nitrogen and oxygen atoms in total. The first-order valence-corrected chi connectivity index (χ1v) is 6.37. The molecule has 0 bridgehead atoms. The fraction of sp³-hybridized carbons (Fsp3) is 0.769. The number of imidazole rings is 1. The zero-order valence-corrected chi connectivity index (χ0v) is 10.6. The summed E-state index contributed by atoms with van der Waals surface area (Å²) in [7, 11) is 0. The van der Waals surface area contributed by atoms with E-state index >= 15 is 0 Å². The average molecular weight is 221 g/mol. The van der Waals surface area contributed by atoms with Crippen LogP contribution in [0.15, 0.2) is 12.5 Å². The molecule has 1 aliphatic rings. The molecular formula is C13H23N3. The minimum atomic E-state index is 0.0778. The normalized spacial score (nSPS) is 32.6. The Kier molecular flexibility index (Phi) is 3.33. The summed E-state index contributed by atoms with van der Waals surface area (Å²) in [5.41, 5.74) is 7.15. The van der Waals surface area contributed by atoms with E-state index in [2.05, 4.69) is 23.4 Å². The predicted molar refractivity (Wildman–Crippen MR) is 66.0 cm³/mol. The molecule has 0 aliphatic heterocycles. The van der Waals surface area contributed by atoms with Crippen LogP contribution in [-0.2, 0) is 0 Å². The molecule has 3 unspecified atom stereocenters. The van der Waals surface area contributed by atoms with Gasteiger partial charge in [-0.15, -0.1) is 0 Å². The van der Waals surface area contributed by atoms with Gasteiger partial charge >= 0.3 is 0 Å². The summed E-state index contributed by atoms with van der Waals surface area (Å²) in [6.45, 7) is 6.74. The van der Waals surface area contributed by atoms with Crippen LogP contribution in [0.2, 0.25) is 0 Å². The molecule has 1 saturated carbocycles. The lowest BCUT2D eigenvalue weighted by Gasteiger charge is -2.34. The maximum absolute atomic E-state index is 5.98. The molecule has 90 valence electrons. The quantitative estimate of drug-likeness (QED) is 0.834. The fourth-order valence-corrected chi connectivity index (χ4v) is 3.01. The molecule has 0 saturated heterocycles. The SMILES string of the molecule is CC1CCC(n2cncc2[C@@H](C)N)C(C)C1. The molecule has 0 spiro atoms. The molecule has 2 N–H and O–H groups in total. The minimum Gasteiger partial charge on any atom is -0.330 e. The molecule has 16 heavy (non-hydrogen) atoms. The van der Waals surface area contributed by atoms with Gasteiger partial charge in [0.15, 0.2) is 0 Å².